The molecule has 2 aromatic heterocycles. The minimum absolute atomic E-state index is 0.0795. The summed E-state index contributed by atoms with van der Waals surface area (Å²) in [7, 11) is 0. The van der Waals surface area contributed by atoms with Crippen LogP contribution in [0, 0.1) is 0 Å². The first-order valence-corrected chi connectivity index (χ1v) is 13.1. The molecule has 0 aliphatic carbocycles. The zero-order chi connectivity index (χ0) is 25.3. The van der Waals surface area contributed by atoms with E-state index in [2.05, 4.69) is 36.1 Å². The number of unbranched alkanes of at least 4 members (excludes halogenated alkanes) is 2. The number of carbonyl (C=O) groups excluding carboxylic acids is 2. The van der Waals surface area contributed by atoms with Crippen molar-refractivity contribution in [3.05, 3.63) is 53.9 Å². The molecule has 35 heavy (non-hydrogen) atoms. The molecule has 0 fully saturated rings. The summed E-state index contributed by atoms with van der Waals surface area (Å²) in [5.74, 6) is 2.15. The molecule has 2 heterocycles. The minimum atomic E-state index is -0.381. The zero-order valence-electron chi connectivity index (χ0n) is 20.0. The predicted molar refractivity (Wildman–Crippen MR) is 135 cm³/mol. The molecule has 3 N–H and O–H groups in total. The summed E-state index contributed by atoms with van der Waals surface area (Å²) in [6.45, 7) is 6.75. The molecule has 0 saturated heterocycles. The highest BCUT2D eigenvalue weighted by Gasteiger charge is 2.19. The fraction of sp³-hybridized carbons (Fsp3) is 0.417. The van der Waals surface area contributed by atoms with Gasteiger partial charge in [0.05, 0.1) is 29.0 Å². The number of carbonyl (C=O) groups is 2. The van der Waals surface area contributed by atoms with Gasteiger partial charge in [-0.3, -0.25) is 20.1 Å². The van der Waals surface area contributed by atoms with E-state index in [0.717, 1.165) is 22.8 Å². The Morgan fingerprint density at radius 3 is 2.57 bits per heavy atom. The van der Waals surface area contributed by atoms with Crippen LogP contribution in [-0.4, -0.2) is 33.6 Å². The molecule has 0 unspecified atom stereocenters. The lowest BCUT2D eigenvalue weighted by Gasteiger charge is -2.12. The van der Waals surface area contributed by atoms with Crippen LogP contribution < -0.4 is 15.5 Å². The second-order valence-corrected chi connectivity index (χ2v) is 11.1. The van der Waals surface area contributed by atoms with Crippen molar-refractivity contribution in [2.45, 2.75) is 61.8 Å². The summed E-state index contributed by atoms with van der Waals surface area (Å²) in [4.78, 5) is 32.1. The van der Waals surface area contributed by atoms with Gasteiger partial charge in [-0.15, -0.1) is 11.8 Å². The number of rotatable bonds is 12. The number of anilines is 1. The summed E-state index contributed by atoms with van der Waals surface area (Å²) < 4.78 is 12.4. The van der Waals surface area contributed by atoms with Crippen LogP contribution in [0.2, 0.25) is 0 Å². The van der Waals surface area contributed by atoms with E-state index in [9.17, 15) is 9.59 Å². The van der Waals surface area contributed by atoms with Crippen LogP contribution in [0.4, 0.5) is 5.13 Å². The van der Waals surface area contributed by atoms with E-state index in [0.29, 0.717) is 47.5 Å². The van der Waals surface area contributed by atoms with Crippen molar-refractivity contribution in [1.82, 2.24) is 15.4 Å². The molecule has 0 spiro atoms. The third-order valence-electron chi connectivity index (χ3n) is 4.89. The van der Waals surface area contributed by atoms with Crippen LogP contribution in [0.25, 0.3) is 0 Å². The normalized spacial score (nSPS) is 11.3. The molecule has 0 atom stereocenters. The Labute approximate surface area is 212 Å². The highest BCUT2D eigenvalue weighted by Crippen LogP contribution is 2.32. The standard InChI is InChI=1S/C24H30N4O5S2/c1-24(2,3)18-13-25-20(33-18)15-34-21-14-26-23(35-21)27-22(30)16-8-10-17(11-9-16)32-12-6-4-5-7-19(29)28-31/h8-11,13-14,31H,4-7,12,15H2,1-3H3,(H,28,29)(H,26,27,30). The van der Waals surface area contributed by atoms with Crippen LogP contribution in [0.3, 0.4) is 0 Å². The van der Waals surface area contributed by atoms with Gasteiger partial charge in [0, 0.05) is 17.4 Å². The number of hydrogen-bond donors (Lipinski definition) is 3. The number of aromatic nitrogens is 2. The lowest BCUT2D eigenvalue weighted by molar-refractivity contribution is -0.129. The number of thioether (sulfide) groups is 1. The lowest BCUT2D eigenvalue weighted by atomic mass is 9.94. The van der Waals surface area contributed by atoms with Gasteiger partial charge in [0.1, 0.15) is 11.5 Å². The maximum absolute atomic E-state index is 12.6. The third-order valence-corrected chi connectivity index (χ3v) is 6.99. The lowest BCUT2D eigenvalue weighted by Crippen LogP contribution is -2.17. The highest BCUT2D eigenvalue weighted by atomic mass is 32.2. The Morgan fingerprint density at radius 2 is 1.89 bits per heavy atom. The van der Waals surface area contributed by atoms with Crippen LogP contribution >= 0.6 is 23.1 Å². The minimum Gasteiger partial charge on any atom is -0.494 e. The first-order chi connectivity index (χ1) is 16.7. The number of amides is 2. The average Bonchev–Trinajstić information content (AvgIpc) is 3.49. The number of thiazole rings is 1. The molecule has 0 bridgehead atoms. The number of ether oxygens (including phenoxy) is 1. The number of hydroxylamine groups is 1. The largest absolute Gasteiger partial charge is 0.494 e. The van der Waals surface area contributed by atoms with Gasteiger partial charge in [-0.2, -0.15) is 0 Å². The Morgan fingerprint density at radius 1 is 1.11 bits per heavy atom. The van der Waals surface area contributed by atoms with Crippen molar-refractivity contribution in [1.29, 1.82) is 0 Å². The molecule has 9 nitrogen and oxygen atoms in total. The molecule has 188 valence electrons. The van der Waals surface area contributed by atoms with Gasteiger partial charge in [-0.05, 0) is 43.5 Å². The second-order valence-electron chi connectivity index (χ2n) is 8.81. The fourth-order valence-corrected chi connectivity index (χ4v) is 4.64. The van der Waals surface area contributed by atoms with Gasteiger partial charge in [0.2, 0.25) is 11.8 Å². The maximum Gasteiger partial charge on any atom is 0.257 e. The van der Waals surface area contributed by atoms with Crippen molar-refractivity contribution in [2.75, 3.05) is 11.9 Å². The SMILES string of the molecule is CC(C)(C)c1cnc(CSc2cnc(NC(=O)c3ccc(OCCCCCC(=O)NO)cc3)s2)o1. The van der Waals surface area contributed by atoms with Crippen LogP contribution in [0.1, 0.15) is 68.5 Å². The monoisotopic (exact) mass is 518 g/mol. The number of benzene rings is 1. The summed E-state index contributed by atoms with van der Waals surface area (Å²) in [6.07, 6.45) is 6.08. The Balaban J connectivity index is 1.40. The first kappa shape index (κ1) is 26.7. The van der Waals surface area contributed by atoms with Crippen LogP contribution in [0.15, 0.2) is 45.3 Å². The Bertz CT molecular complexity index is 1110. The van der Waals surface area contributed by atoms with E-state index in [1.165, 1.54) is 11.3 Å². The van der Waals surface area contributed by atoms with E-state index >= 15 is 0 Å². The summed E-state index contributed by atoms with van der Waals surface area (Å²) in [5.41, 5.74) is 2.04. The van der Waals surface area contributed by atoms with Gasteiger partial charge in [0.25, 0.3) is 5.91 Å². The van der Waals surface area contributed by atoms with E-state index in [-0.39, 0.29) is 17.2 Å². The Kier molecular flexibility index (Phi) is 9.70. The summed E-state index contributed by atoms with van der Waals surface area (Å²) >= 11 is 2.96. The number of oxazole rings is 1. The average molecular weight is 519 g/mol. The van der Waals surface area contributed by atoms with Crippen molar-refractivity contribution in [3.8, 4) is 5.75 Å². The van der Waals surface area contributed by atoms with Gasteiger partial charge in [0.15, 0.2) is 5.13 Å². The van der Waals surface area contributed by atoms with E-state index in [4.69, 9.17) is 14.4 Å². The Hall–Kier alpha value is -2.89. The molecular weight excluding hydrogens is 488 g/mol. The zero-order valence-corrected chi connectivity index (χ0v) is 21.6. The number of nitrogens with one attached hydrogen (secondary N) is 2. The number of nitrogens with zero attached hydrogens (tertiary/aromatic N) is 2. The molecule has 2 amide bonds. The molecule has 1 aromatic carbocycles. The smallest absolute Gasteiger partial charge is 0.257 e. The van der Waals surface area contributed by atoms with Crippen LogP contribution in [-0.2, 0) is 16.0 Å². The molecular formula is C24H30N4O5S2. The molecule has 3 rings (SSSR count). The second kappa shape index (κ2) is 12.7. The van der Waals surface area contributed by atoms with Gasteiger partial charge in [-0.1, -0.05) is 32.1 Å². The van der Waals surface area contributed by atoms with E-state index in [1.54, 1.807) is 53.9 Å². The van der Waals surface area contributed by atoms with Gasteiger partial charge >= 0.3 is 0 Å². The van der Waals surface area contributed by atoms with E-state index in [1.807, 2.05) is 0 Å². The fourth-order valence-electron chi connectivity index (χ4n) is 2.92. The topological polar surface area (TPSA) is 127 Å². The highest BCUT2D eigenvalue weighted by molar-refractivity contribution is 8.00. The first-order valence-electron chi connectivity index (χ1n) is 11.3. The summed E-state index contributed by atoms with van der Waals surface area (Å²) in [5, 5.41) is 11.8. The van der Waals surface area contributed by atoms with Crippen molar-refractivity contribution < 1.29 is 24.0 Å². The predicted octanol–water partition coefficient (Wildman–Crippen LogP) is 5.42. The van der Waals surface area contributed by atoms with Crippen molar-refractivity contribution >= 4 is 40.0 Å². The van der Waals surface area contributed by atoms with Gasteiger partial charge < -0.3 is 9.15 Å². The molecule has 0 aliphatic rings. The molecule has 0 aliphatic heterocycles. The molecule has 3 aromatic rings. The third kappa shape index (κ3) is 8.68. The molecule has 0 radical (unpaired) electrons. The van der Waals surface area contributed by atoms with E-state index < -0.39 is 0 Å². The molecule has 0 saturated carbocycles. The van der Waals surface area contributed by atoms with Crippen LogP contribution in [0.5, 0.6) is 5.75 Å². The summed E-state index contributed by atoms with van der Waals surface area (Å²) in [6, 6.07) is 6.91. The molecule has 11 heteroatoms. The van der Waals surface area contributed by atoms with Crippen molar-refractivity contribution in [2.24, 2.45) is 0 Å². The van der Waals surface area contributed by atoms with Crippen molar-refractivity contribution in [3.63, 3.8) is 0 Å². The van der Waals surface area contributed by atoms with Gasteiger partial charge in [-0.25, -0.2) is 15.4 Å². The quantitative estimate of drug-likeness (QED) is 0.126. The maximum atomic E-state index is 12.6. The number of hydrogen-bond acceptors (Lipinski definition) is 9.